The summed E-state index contributed by atoms with van der Waals surface area (Å²) in [6.45, 7) is 3.85. The number of hydrogen-bond donors (Lipinski definition) is 0. The molecule has 1 aromatic heterocycles. The van der Waals surface area contributed by atoms with Crippen LogP contribution in [0.3, 0.4) is 0 Å². The minimum atomic E-state index is -0.679. The van der Waals surface area contributed by atoms with E-state index in [2.05, 4.69) is 6.92 Å². The van der Waals surface area contributed by atoms with Crippen molar-refractivity contribution in [1.82, 2.24) is 9.80 Å². The van der Waals surface area contributed by atoms with Gasteiger partial charge in [0.05, 0.1) is 30.7 Å². The molecule has 1 atom stereocenters. The summed E-state index contributed by atoms with van der Waals surface area (Å²) < 4.78 is 31.3. The van der Waals surface area contributed by atoms with Crippen molar-refractivity contribution < 1.29 is 23.1 Å². The topological polar surface area (TPSA) is 72.2 Å². The number of unbranched alkanes of at least 4 members (excludes halogenated alkanes) is 1. The highest BCUT2D eigenvalue weighted by Gasteiger charge is 2.42. The fourth-order valence-corrected chi connectivity index (χ4v) is 4.43. The molecule has 3 aromatic rings. The first-order valence-corrected chi connectivity index (χ1v) is 11.9. The Morgan fingerprint density at radius 3 is 2.60 bits per heavy atom. The van der Waals surface area contributed by atoms with Gasteiger partial charge in [-0.3, -0.25) is 9.59 Å². The summed E-state index contributed by atoms with van der Waals surface area (Å²) >= 11 is 0. The lowest BCUT2D eigenvalue weighted by Gasteiger charge is -2.26. The molecule has 2 aromatic carbocycles. The van der Waals surface area contributed by atoms with E-state index in [9.17, 15) is 14.0 Å². The minimum Gasteiger partial charge on any atom is -0.493 e. The second-order valence-electron chi connectivity index (χ2n) is 8.98. The molecule has 1 aliphatic rings. The van der Waals surface area contributed by atoms with Gasteiger partial charge in [0, 0.05) is 6.54 Å². The number of halogens is 1. The zero-order chi connectivity index (χ0) is 25.1. The van der Waals surface area contributed by atoms with Gasteiger partial charge in [-0.05, 0) is 69.4 Å². The van der Waals surface area contributed by atoms with E-state index in [-0.39, 0.29) is 28.2 Å². The molecule has 0 bridgehead atoms. The summed E-state index contributed by atoms with van der Waals surface area (Å²) in [6.07, 6.45) is 2.63. The summed E-state index contributed by atoms with van der Waals surface area (Å²) in [7, 11) is 5.48. The number of carbonyl (C=O) groups excluding carboxylic acids is 1. The first-order chi connectivity index (χ1) is 16.8. The van der Waals surface area contributed by atoms with Gasteiger partial charge in [0.25, 0.3) is 5.91 Å². The van der Waals surface area contributed by atoms with Gasteiger partial charge in [0.15, 0.2) is 16.9 Å². The lowest BCUT2D eigenvalue weighted by atomic mass is 9.98. The molecule has 0 fully saturated rings. The van der Waals surface area contributed by atoms with Crippen LogP contribution in [0.4, 0.5) is 4.39 Å². The minimum absolute atomic E-state index is 0.00574. The van der Waals surface area contributed by atoms with Crippen molar-refractivity contribution in [2.75, 3.05) is 40.9 Å². The highest BCUT2D eigenvalue weighted by atomic mass is 19.1. The summed E-state index contributed by atoms with van der Waals surface area (Å²) in [5.74, 6) is 0.231. The predicted molar refractivity (Wildman–Crippen MR) is 132 cm³/mol. The fraction of sp³-hybridized carbons (Fsp3) is 0.407. The van der Waals surface area contributed by atoms with Crippen molar-refractivity contribution in [3.63, 3.8) is 0 Å². The molecule has 35 heavy (non-hydrogen) atoms. The molecule has 1 aliphatic heterocycles. The van der Waals surface area contributed by atoms with E-state index in [0.29, 0.717) is 36.6 Å². The molecular weight excluding hydrogens is 451 g/mol. The van der Waals surface area contributed by atoms with E-state index in [0.717, 1.165) is 25.5 Å². The lowest BCUT2D eigenvalue weighted by Crippen LogP contribution is -2.32. The molecule has 0 unspecified atom stereocenters. The first kappa shape index (κ1) is 24.7. The molecule has 4 rings (SSSR count). The average Bonchev–Trinajstić information content (AvgIpc) is 3.11. The molecular formula is C27H31FN2O5. The van der Waals surface area contributed by atoms with Crippen molar-refractivity contribution in [2.24, 2.45) is 0 Å². The monoisotopic (exact) mass is 482 g/mol. The molecule has 0 N–H and O–H groups in total. The van der Waals surface area contributed by atoms with E-state index in [4.69, 9.17) is 13.9 Å². The number of rotatable bonds is 10. The van der Waals surface area contributed by atoms with Gasteiger partial charge in [-0.15, -0.1) is 0 Å². The number of methoxy groups -OCH3 is 1. The van der Waals surface area contributed by atoms with Crippen molar-refractivity contribution in [3.8, 4) is 11.5 Å². The summed E-state index contributed by atoms with van der Waals surface area (Å²) in [4.78, 5) is 30.7. The number of nitrogens with zero attached hydrogens (tertiary/aromatic N) is 2. The molecule has 0 saturated heterocycles. The van der Waals surface area contributed by atoms with Crippen molar-refractivity contribution >= 4 is 16.9 Å². The standard InChI is InChI=1S/C27H31FN2O5/c1-5-6-14-34-21-10-8-17(15-22(21)33-4)24-23-25(31)19-16-18(28)9-11-20(19)35-26(23)27(32)30(24)13-7-12-29(2)3/h8-11,15-16,24H,5-7,12-14H2,1-4H3/t24-/m1/s1. The van der Waals surface area contributed by atoms with Gasteiger partial charge < -0.3 is 23.7 Å². The Hall–Kier alpha value is -3.39. The molecule has 2 heterocycles. The SMILES string of the molecule is CCCCOc1ccc([C@@H]2c3c(oc4ccc(F)cc4c3=O)C(=O)N2CCCN(C)C)cc1OC. The second kappa shape index (κ2) is 10.5. The van der Waals surface area contributed by atoms with Crippen molar-refractivity contribution in [3.05, 3.63) is 69.3 Å². The van der Waals surface area contributed by atoms with Crippen LogP contribution < -0.4 is 14.9 Å². The third-order valence-corrected chi connectivity index (χ3v) is 6.19. The molecule has 1 amide bonds. The van der Waals surface area contributed by atoms with E-state index in [1.165, 1.54) is 12.1 Å². The predicted octanol–water partition coefficient (Wildman–Crippen LogP) is 4.62. The van der Waals surface area contributed by atoms with Crippen LogP contribution in [0.2, 0.25) is 0 Å². The maximum atomic E-state index is 14.0. The smallest absolute Gasteiger partial charge is 0.290 e. The van der Waals surface area contributed by atoms with Gasteiger partial charge in [0.1, 0.15) is 11.4 Å². The van der Waals surface area contributed by atoms with Crippen LogP contribution in [-0.4, -0.2) is 56.6 Å². The Labute approximate surface area is 204 Å². The Kier molecular flexibility index (Phi) is 7.40. The summed E-state index contributed by atoms with van der Waals surface area (Å²) in [5.41, 5.74) is 0.704. The first-order valence-electron chi connectivity index (χ1n) is 11.9. The second-order valence-corrected chi connectivity index (χ2v) is 8.98. The van der Waals surface area contributed by atoms with Crippen molar-refractivity contribution in [1.29, 1.82) is 0 Å². The number of benzene rings is 2. The fourth-order valence-electron chi connectivity index (χ4n) is 4.43. The molecule has 7 nitrogen and oxygen atoms in total. The largest absolute Gasteiger partial charge is 0.493 e. The van der Waals surface area contributed by atoms with Crippen molar-refractivity contribution in [2.45, 2.75) is 32.2 Å². The number of fused-ring (bicyclic) bond motifs is 2. The Bertz CT molecular complexity index is 1290. The molecule has 186 valence electrons. The van der Waals surface area contributed by atoms with Gasteiger partial charge in [-0.1, -0.05) is 19.4 Å². The van der Waals surface area contributed by atoms with Crippen LogP contribution >= 0.6 is 0 Å². The average molecular weight is 483 g/mol. The zero-order valence-corrected chi connectivity index (χ0v) is 20.6. The highest BCUT2D eigenvalue weighted by Crippen LogP contribution is 2.41. The third-order valence-electron chi connectivity index (χ3n) is 6.19. The Balaban J connectivity index is 1.82. The lowest BCUT2D eigenvalue weighted by molar-refractivity contribution is 0.0722. The van der Waals surface area contributed by atoms with E-state index < -0.39 is 17.3 Å². The van der Waals surface area contributed by atoms with Gasteiger partial charge in [-0.25, -0.2) is 4.39 Å². The maximum absolute atomic E-state index is 14.0. The Morgan fingerprint density at radius 1 is 1.09 bits per heavy atom. The van der Waals surface area contributed by atoms with Gasteiger partial charge in [-0.2, -0.15) is 0 Å². The van der Waals surface area contributed by atoms with Crippen LogP contribution in [0, 0.1) is 5.82 Å². The van der Waals surface area contributed by atoms with E-state index in [1.807, 2.05) is 25.1 Å². The van der Waals surface area contributed by atoms with E-state index >= 15 is 0 Å². The van der Waals surface area contributed by atoms with E-state index in [1.54, 1.807) is 24.1 Å². The summed E-state index contributed by atoms with van der Waals surface area (Å²) in [5, 5.41) is 0.114. The van der Waals surface area contributed by atoms with Crippen LogP contribution in [0.5, 0.6) is 11.5 Å². The number of hydrogen-bond acceptors (Lipinski definition) is 6. The normalized spacial score (nSPS) is 15.2. The van der Waals surface area contributed by atoms with Gasteiger partial charge in [0.2, 0.25) is 5.76 Å². The maximum Gasteiger partial charge on any atom is 0.290 e. The van der Waals surface area contributed by atoms with Crippen LogP contribution in [0.25, 0.3) is 11.0 Å². The van der Waals surface area contributed by atoms with Crippen LogP contribution in [-0.2, 0) is 0 Å². The molecule has 0 spiro atoms. The highest BCUT2D eigenvalue weighted by molar-refractivity contribution is 5.99. The third kappa shape index (κ3) is 4.89. The quantitative estimate of drug-likeness (QED) is 0.393. The van der Waals surface area contributed by atoms with Crippen LogP contribution in [0.1, 0.15) is 53.9 Å². The molecule has 0 saturated carbocycles. The number of carbonyl (C=O) groups is 1. The Morgan fingerprint density at radius 2 is 1.89 bits per heavy atom. The number of amides is 1. The molecule has 8 heteroatoms. The zero-order valence-electron chi connectivity index (χ0n) is 20.6. The number of ether oxygens (including phenoxy) is 2. The van der Waals surface area contributed by atoms with Crippen LogP contribution in [0.15, 0.2) is 45.6 Å². The molecule has 0 radical (unpaired) electrons. The summed E-state index contributed by atoms with van der Waals surface area (Å²) in [6, 6.07) is 8.51. The van der Waals surface area contributed by atoms with Gasteiger partial charge >= 0.3 is 0 Å². The molecule has 0 aliphatic carbocycles.